The summed E-state index contributed by atoms with van der Waals surface area (Å²) in [5.41, 5.74) is 0.410. The number of hydrogen-bond donors (Lipinski definition) is 1. The van der Waals surface area contributed by atoms with Crippen molar-refractivity contribution >= 4 is 17.7 Å². The van der Waals surface area contributed by atoms with Gasteiger partial charge in [-0.05, 0) is 50.7 Å². The summed E-state index contributed by atoms with van der Waals surface area (Å²) in [7, 11) is 0. The maximum Gasteiger partial charge on any atom is 0.269 e. The lowest BCUT2D eigenvalue weighted by molar-refractivity contribution is 0.0515. The molecule has 0 atom stereocenters. The van der Waals surface area contributed by atoms with Crippen LogP contribution in [-0.4, -0.2) is 16.5 Å². The van der Waals surface area contributed by atoms with Gasteiger partial charge < -0.3 is 0 Å². The molecule has 0 unspecified atom stereocenters. The van der Waals surface area contributed by atoms with E-state index in [0.717, 1.165) is 0 Å². The molecule has 0 heterocycles. The second-order valence-electron chi connectivity index (χ2n) is 4.59. The Bertz CT molecular complexity index is 460. The van der Waals surface area contributed by atoms with E-state index in [1.54, 1.807) is 18.2 Å². The van der Waals surface area contributed by atoms with E-state index < -0.39 is 5.54 Å². The zero-order chi connectivity index (χ0) is 13.1. The van der Waals surface area contributed by atoms with Gasteiger partial charge >= 0.3 is 0 Å². The highest BCUT2D eigenvalue weighted by Gasteiger charge is 2.27. The highest BCUT2D eigenvalue weighted by Crippen LogP contribution is 2.16. The van der Waals surface area contributed by atoms with Crippen LogP contribution < -0.4 is 4.94 Å². The molecular formula is C12H14ClN3O. The molecule has 1 aromatic carbocycles. The van der Waals surface area contributed by atoms with Gasteiger partial charge in [-0.1, -0.05) is 6.07 Å². The van der Waals surface area contributed by atoms with Crippen molar-refractivity contribution in [3.8, 4) is 6.07 Å². The first-order valence-electron chi connectivity index (χ1n) is 5.11. The predicted octanol–water partition coefficient (Wildman–Crippen LogP) is 2.46. The Morgan fingerprint density at radius 1 is 1.47 bits per heavy atom. The van der Waals surface area contributed by atoms with Crippen molar-refractivity contribution in [1.82, 2.24) is 9.95 Å². The van der Waals surface area contributed by atoms with E-state index in [4.69, 9.17) is 17.0 Å². The molecule has 1 aromatic rings. The van der Waals surface area contributed by atoms with Crippen molar-refractivity contribution in [2.45, 2.75) is 26.3 Å². The zero-order valence-corrected chi connectivity index (χ0v) is 10.7. The molecular weight excluding hydrogens is 238 g/mol. The average Bonchev–Trinajstić information content (AvgIpc) is 2.28. The van der Waals surface area contributed by atoms with Gasteiger partial charge in [0.1, 0.15) is 0 Å². The highest BCUT2D eigenvalue weighted by atomic mass is 35.5. The highest BCUT2D eigenvalue weighted by molar-refractivity contribution is 6.14. The summed E-state index contributed by atoms with van der Waals surface area (Å²) in [4.78, 5) is 14.5. The number of nitriles is 1. The molecule has 1 amide bonds. The third-order valence-electron chi connectivity index (χ3n) is 2.20. The number of benzene rings is 1. The fraction of sp³-hybridized carbons (Fsp3) is 0.333. The number of carbonyl (C=O) groups is 1. The number of nitrogens with zero attached hydrogens (tertiary/aromatic N) is 2. The Morgan fingerprint density at radius 2 is 2.12 bits per heavy atom. The summed E-state index contributed by atoms with van der Waals surface area (Å²) in [5.74, 6) is -0.274. The summed E-state index contributed by atoms with van der Waals surface area (Å²) in [6.07, 6.45) is 0. The van der Waals surface area contributed by atoms with Crippen molar-refractivity contribution in [2.75, 3.05) is 0 Å². The molecule has 1 N–H and O–H groups in total. The van der Waals surface area contributed by atoms with Crippen molar-refractivity contribution in [3.63, 3.8) is 0 Å². The van der Waals surface area contributed by atoms with Crippen molar-refractivity contribution in [1.29, 1.82) is 5.26 Å². The molecule has 0 saturated heterocycles. The van der Waals surface area contributed by atoms with Crippen LogP contribution in [0, 0.1) is 11.3 Å². The van der Waals surface area contributed by atoms with E-state index in [-0.39, 0.29) is 5.91 Å². The van der Waals surface area contributed by atoms with Crippen LogP contribution in [0.25, 0.3) is 0 Å². The fourth-order valence-corrected chi connectivity index (χ4v) is 1.65. The topological polar surface area (TPSA) is 56.1 Å². The SMILES string of the molecule is CC(C)(C)N(NCl)C(=O)c1cccc(C#N)c1. The minimum Gasteiger partial charge on any atom is -0.268 e. The second-order valence-corrected chi connectivity index (χ2v) is 4.76. The Balaban J connectivity index is 3.07. The Kier molecular flexibility index (Phi) is 4.11. The molecule has 17 heavy (non-hydrogen) atoms. The van der Waals surface area contributed by atoms with Gasteiger partial charge in [0, 0.05) is 5.56 Å². The molecule has 90 valence electrons. The molecule has 0 radical (unpaired) electrons. The largest absolute Gasteiger partial charge is 0.269 e. The molecule has 4 nitrogen and oxygen atoms in total. The van der Waals surface area contributed by atoms with Crippen LogP contribution in [0.1, 0.15) is 36.7 Å². The molecule has 0 aliphatic heterocycles. The molecule has 0 aliphatic carbocycles. The van der Waals surface area contributed by atoms with E-state index in [9.17, 15) is 4.79 Å². The van der Waals surface area contributed by atoms with Crippen molar-refractivity contribution < 1.29 is 4.79 Å². The Hall–Kier alpha value is -1.57. The first kappa shape index (κ1) is 13.5. The number of amides is 1. The van der Waals surface area contributed by atoms with E-state index in [1.807, 2.05) is 26.8 Å². The van der Waals surface area contributed by atoms with Gasteiger partial charge in [-0.15, -0.1) is 4.94 Å². The summed E-state index contributed by atoms with van der Waals surface area (Å²) in [5, 5.41) is 10.1. The van der Waals surface area contributed by atoms with Crippen LogP contribution in [-0.2, 0) is 0 Å². The van der Waals surface area contributed by atoms with Gasteiger partial charge in [-0.2, -0.15) is 5.26 Å². The van der Waals surface area contributed by atoms with Gasteiger partial charge in [0.15, 0.2) is 0 Å². The molecule has 1 rings (SSSR count). The average molecular weight is 252 g/mol. The van der Waals surface area contributed by atoms with E-state index in [1.165, 1.54) is 11.1 Å². The standard InChI is InChI=1S/C12H14ClN3O/c1-12(2,3)16(15-13)11(17)10-6-4-5-9(7-10)8-14/h4-7,15H,1-3H3. The first-order valence-corrected chi connectivity index (χ1v) is 5.49. The number of hydrogen-bond acceptors (Lipinski definition) is 3. The van der Waals surface area contributed by atoms with Crippen LogP contribution in [0.2, 0.25) is 0 Å². The van der Waals surface area contributed by atoms with E-state index >= 15 is 0 Å². The Labute approximate surface area is 106 Å². The van der Waals surface area contributed by atoms with Crippen LogP contribution in [0.15, 0.2) is 24.3 Å². The Morgan fingerprint density at radius 3 is 2.59 bits per heavy atom. The van der Waals surface area contributed by atoms with Gasteiger partial charge in [0.2, 0.25) is 0 Å². The third kappa shape index (κ3) is 3.19. The van der Waals surface area contributed by atoms with Crippen LogP contribution in [0.4, 0.5) is 0 Å². The van der Waals surface area contributed by atoms with E-state index in [0.29, 0.717) is 11.1 Å². The predicted molar refractivity (Wildman–Crippen MR) is 66.1 cm³/mol. The van der Waals surface area contributed by atoms with Gasteiger partial charge in [-0.25, -0.2) is 0 Å². The minimum absolute atomic E-state index is 0.274. The maximum atomic E-state index is 12.2. The third-order valence-corrected chi connectivity index (χ3v) is 2.37. The number of nitrogens with one attached hydrogen (secondary N) is 1. The molecule has 0 fully saturated rings. The summed E-state index contributed by atoms with van der Waals surface area (Å²) >= 11 is 5.56. The molecule has 5 heteroatoms. The fourth-order valence-electron chi connectivity index (χ4n) is 1.32. The van der Waals surface area contributed by atoms with Crippen LogP contribution in [0.5, 0.6) is 0 Å². The zero-order valence-electron chi connectivity index (χ0n) is 9.99. The maximum absolute atomic E-state index is 12.2. The minimum atomic E-state index is -0.457. The number of hydrazine groups is 1. The lowest BCUT2D eigenvalue weighted by Gasteiger charge is -2.33. The smallest absolute Gasteiger partial charge is 0.268 e. The van der Waals surface area contributed by atoms with Crippen molar-refractivity contribution in [2.24, 2.45) is 0 Å². The summed E-state index contributed by atoms with van der Waals surface area (Å²) in [6.45, 7) is 5.57. The lowest BCUT2D eigenvalue weighted by Crippen LogP contribution is -2.50. The van der Waals surface area contributed by atoms with Gasteiger partial charge in [0.05, 0.1) is 17.2 Å². The van der Waals surface area contributed by atoms with Crippen molar-refractivity contribution in [3.05, 3.63) is 35.4 Å². The quantitative estimate of drug-likeness (QED) is 0.649. The number of carbonyl (C=O) groups excluding carboxylic acids is 1. The van der Waals surface area contributed by atoms with Gasteiger partial charge in [0.25, 0.3) is 5.91 Å². The van der Waals surface area contributed by atoms with E-state index in [2.05, 4.69) is 4.94 Å². The molecule has 0 aliphatic rings. The molecule has 0 spiro atoms. The van der Waals surface area contributed by atoms with Crippen LogP contribution in [0.3, 0.4) is 0 Å². The van der Waals surface area contributed by atoms with Gasteiger partial charge in [-0.3, -0.25) is 9.80 Å². The van der Waals surface area contributed by atoms with Crippen LogP contribution >= 0.6 is 11.8 Å². The normalized spacial score (nSPS) is 10.8. The lowest BCUT2D eigenvalue weighted by atomic mass is 10.1. The number of rotatable bonds is 2. The summed E-state index contributed by atoms with van der Waals surface area (Å²) in [6, 6.07) is 8.49. The monoisotopic (exact) mass is 251 g/mol. The molecule has 0 bridgehead atoms. The molecule has 0 saturated carbocycles. The summed E-state index contributed by atoms with van der Waals surface area (Å²) < 4.78 is 0. The molecule has 0 aromatic heterocycles. The second kappa shape index (κ2) is 5.17. The first-order chi connectivity index (χ1) is 7.90. The number of halogens is 1.